The van der Waals surface area contributed by atoms with E-state index in [1.54, 1.807) is 7.11 Å². The molecule has 0 N–H and O–H groups in total. The molecule has 1 heterocycles. The summed E-state index contributed by atoms with van der Waals surface area (Å²) in [7, 11) is 1.67. The van der Waals surface area contributed by atoms with Crippen molar-refractivity contribution in [1.82, 2.24) is 19.9 Å². The Morgan fingerprint density at radius 3 is 2.55 bits per heavy atom. The molecule has 0 unspecified atom stereocenters. The van der Waals surface area contributed by atoms with Gasteiger partial charge < -0.3 is 14.4 Å². The highest BCUT2D eigenvalue weighted by molar-refractivity contribution is 5.70. The molecule has 7 nitrogen and oxygen atoms in total. The van der Waals surface area contributed by atoms with E-state index in [-0.39, 0.29) is 17.0 Å². The summed E-state index contributed by atoms with van der Waals surface area (Å²) in [5.41, 5.74) is 2.24. The van der Waals surface area contributed by atoms with Gasteiger partial charge in [-0.15, -0.1) is 5.10 Å². The van der Waals surface area contributed by atoms with Crippen molar-refractivity contribution >= 4 is 6.09 Å². The molecule has 0 aliphatic heterocycles. The Bertz CT molecular complexity index is 841. The lowest BCUT2D eigenvalue weighted by Gasteiger charge is -2.72. The summed E-state index contributed by atoms with van der Waals surface area (Å²) >= 11 is 0. The fourth-order valence-corrected chi connectivity index (χ4v) is 4.87. The van der Waals surface area contributed by atoms with Crippen LogP contribution in [0.3, 0.4) is 0 Å². The van der Waals surface area contributed by atoms with E-state index < -0.39 is 0 Å². The van der Waals surface area contributed by atoms with E-state index in [0.29, 0.717) is 13.2 Å². The standard InChI is InChI=1S/C22H30N4O3/c1-4-6-11-26(20(27)29-5-2)22-14-21(15-22,16-22)19-13-25(24-23-19)12-17-7-9-18(28-3)10-8-17/h7-10,13H,4-6,11-12,14-16H2,1-3H3. The van der Waals surface area contributed by atoms with E-state index in [9.17, 15) is 4.79 Å². The second kappa shape index (κ2) is 7.69. The summed E-state index contributed by atoms with van der Waals surface area (Å²) in [5, 5.41) is 8.80. The molecule has 156 valence electrons. The van der Waals surface area contributed by atoms with Gasteiger partial charge >= 0.3 is 6.09 Å². The van der Waals surface area contributed by atoms with E-state index >= 15 is 0 Å². The Morgan fingerprint density at radius 1 is 1.21 bits per heavy atom. The Kier molecular flexibility index (Phi) is 5.23. The van der Waals surface area contributed by atoms with Gasteiger partial charge in [0.15, 0.2) is 0 Å². The van der Waals surface area contributed by atoms with Crippen molar-refractivity contribution in [3.8, 4) is 5.75 Å². The quantitative estimate of drug-likeness (QED) is 0.643. The first-order chi connectivity index (χ1) is 14.0. The maximum atomic E-state index is 12.5. The minimum absolute atomic E-state index is 0.0405. The third kappa shape index (κ3) is 3.47. The lowest BCUT2D eigenvalue weighted by atomic mass is 9.38. The van der Waals surface area contributed by atoms with Gasteiger partial charge in [-0.1, -0.05) is 30.7 Å². The number of hydrogen-bond acceptors (Lipinski definition) is 5. The highest BCUT2D eigenvalue weighted by Gasteiger charge is 2.72. The number of benzene rings is 1. The second-order valence-corrected chi connectivity index (χ2v) is 8.39. The minimum atomic E-state index is -0.169. The molecular formula is C22H30N4O3. The number of hydrogen-bond donors (Lipinski definition) is 0. The van der Waals surface area contributed by atoms with Gasteiger partial charge in [-0.25, -0.2) is 9.48 Å². The van der Waals surface area contributed by atoms with Gasteiger partial charge in [0.25, 0.3) is 0 Å². The zero-order valence-corrected chi connectivity index (χ0v) is 17.6. The van der Waals surface area contributed by atoms with E-state index in [1.807, 2.05) is 40.8 Å². The largest absolute Gasteiger partial charge is 0.497 e. The summed E-state index contributed by atoms with van der Waals surface area (Å²) in [6.07, 6.45) is 6.85. The van der Waals surface area contributed by atoms with Crippen LogP contribution in [0.15, 0.2) is 30.5 Å². The molecule has 2 bridgehead atoms. The fraction of sp³-hybridized carbons (Fsp3) is 0.591. The summed E-state index contributed by atoms with van der Waals surface area (Å²) in [6.45, 7) is 5.89. The number of amides is 1. The van der Waals surface area contributed by atoms with Crippen LogP contribution in [0.2, 0.25) is 0 Å². The number of unbranched alkanes of at least 4 members (excludes halogenated alkanes) is 1. The predicted molar refractivity (Wildman–Crippen MR) is 109 cm³/mol. The van der Waals surface area contributed by atoms with Crippen LogP contribution in [0.25, 0.3) is 0 Å². The molecule has 3 aliphatic carbocycles. The van der Waals surface area contributed by atoms with Crippen LogP contribution < -0.4 is 4.74 Å². The van der Waals surface area contributed by atoms with Crippen LogP contribution in [0.5, 0.6) is 5.75 Å². The summed E-state index contributed by atoms with van der Waals surface area (Å²) in [6, 6.07) is 8.00. The predicted octanol–water partition coefficient (Wildman–Crippen LogP) is 3.77. The van der Waals surface area contributed by atoms with E-state index in [1.165, 1.54) is 0 Å². The van der Waals surface area contributed by atoms with Gasteiger partial charge in [0.2, 0.25) is 0 Å². The maximum absolute atomic E-state index is 12.5. The highest BCUT2D eigenvalue weighted by Crippen LogP contribution is 2.70. The Balaban J connectivity index is 1.40. The highest BCUT2D eigenvalue weighted by atomic mass is 16.6. The van der Waals surface area contributed by atoms with Gasteiger partial charge in [-0.05, 0) is 50.3 Å². The number of carbonyl (C=O) groups is 1. The molecule has 3 aliphatic rings. The zero-order chi connectivity index (χ0) is 20.5. The Labute approximate surface area is 172 Å². The van der Waals surface area contributed by atoms with Crippen LogP contribution in [-0.2, 0) is 16.7 Å². The number of methoxy groups -OCH3 is 1. The summed E-state index contributed by atoms with van der Waals surface area (Å²) < 4.78 is 12.4. The average Bonchev–Trinajstić information content (AvgIpc) is 3.11. The van der Waals surface area contributed by atoms with Crippen molar-refractivity contribution < 1.29 is 14.3 Å². The molecule has 0 radical (unpaired) electrons. The van der Waals surface area contributed by atoms with Crippen LogP contribution in [0.1, 0.15) is 57.2 Å². The molecule has 7 heteroatoms. The monoisotopic (exact) mass is 398 g/mol. The van der Waals surface area contributed by atoms with Gasteiger partial charge in [-0.3, -0.25) is 0 Å². The zero-order valence-electron chi connectivity index (χ0n) is 17.6. The van der Waals surface area contributed by atoms with E-state index in [4.69, 9.17) is 9.47 Å². The first-order valence-electron chi connectivity index (χ1n) is 10.5. The topological polar surface area (TPSA) is 69.5 Å². The molecule has 1 aromatic carbocycles. The molecule has 0 atom stereocenters. The second-order valence-electron chi connectivity index (χ2n) is 8.39. The normalized spacial score (nSPS) is 24.4. The molecular weight excluding hydrogens is 368 g/mol. The fourth-order valence-electron chi connectivity index (χ4n) is 4.87. The molecule has 1 aromatic heterocycles. The molecule has 29 heavy (non-hydrogen) atoms. The van der Waals surface area contributed by atoms with Crippen LogP contribution >= 0.6 is 0 Å². The number of ether oxygens (including phenoxy) is 2. The van der Waals surface area contributed by atoms with Gasteiger partial charge in [0, 0.05) is 23.7 Å². The molecule has 3 saturated carbocycles. The number of carbonyl (C=O) groups excluding carboxylic acids is 1. The van der Waals surface area contributed by atoms with Crippen LogP contribution in [0.4, 0.5) is 4.79 Å². The molecule has 1 amide bonds. The van der Waals surface area contributed by atoms with Gasteiger partial charge in [0.1, 0.15) is 5.75 Å². The van der Waals surface area contributed by atoms with Crippen molar-refractivity contribution in [1.29, 1.82) is 0 Å². The van der Waals surface area contributed by atoms with Crippen molar-refractivity contribution in [2.45, 2.75) is 63.5 Å². The minimum Gasteiger partial charge on any atom is -0.497 e. The lowest BCUT2D eigenvalue weighted by molar-refractivity contribution is -0.159. The van der Waals surface area contributed by atoms with E-state index in [0.717, 1.165) is 55.7 Å². The first-order valence-corrected chi connectivity index (χ1v) is 10.5. The van der Waals surface area contributed by atoms with Crippen LogP contribution in [0, 0.1) is 0 Å². The van der Waals surface area contributed by atoms with E-state index in [2.05, 4.69) is 23.4 Å². The third-order valence-corrected chi connectivity index (χ3v) is 6.38. The SMILES string of the molecule is CCCCN(C(=O)OCC)C12CC(c3cn(Cc4ccc(OC)cc4)nn3)(C1)C2. The third-order valence-electron chi connectivity index (χ3n) is 6.38. The Morgan fingerprint density at radius 2 is 1.93 bits per heavy atom. The molecule has 0 spiro atoms. The molecule has 3 fully saturated rings. The number of rotatable bonds is 9. The molecule has 5 rings (SSSR count). The van der Waals surface area contributed by atoms with Crippen molar-refractivity contribution in [2.75, 3.05) is 20.3 Å². The van der Waals surface area contributed by atoms with Crippen molar-refractivity contribution in [3.63, 3.8) is 0 Å². The van der Waals surface area contributed by atoms with Crippen molar-refractivity contribution in [2.24, 2.45) is 0 Å². The van der Waals surface area contributed by atoms with Gasteiger partial charge in [-0.2, -0.15) is 0 Å². The Hall–Kier alpha value is -2.57. The first kappa shape index (κ1) is 19.7. The average molecular weight is 399 g/mol. The summed E-state index contributed by atoms with van der Waals surface area (Å²) in [5.74, 6) is 0.849. The molecule has 0 saturated heterocycles. The molecule has 2 aromatic rings. The smallest absolute Gasteiger partial charge is 0.410 e. The number of nitrogens with zero attached hydrogens (tertiary/aromatic N) is 4. The van der Waals surface area contributed by atoms with Crippen molar-refractivity contribution in [3.05, 3.63) is 41.7 Å². The van der Waals surface area contributed by atoms with Gasteiger partial charge in [0.05, 0.1) is 26.0 Å². The van der Waals surface area contributed by atoms with Crippen LogP contribution in [-0.4, -0.2) is 51.8 Å². The maximum Gasteiger partial charge on any atom is 0.410 e. The number of aromatic nitrogens is 3. The lowest BCUT2D eigenvalue weighted by Crippen LogP contribution is -2.77. The summed E-state index contributed by atoms with van der Waals surface area (Å²) in [4.78, 5) is 14.4.